The minimum Gasteiger partial charge on any atom is -0.326 e. The van der Waals surface area contributed by atoms with Crippen LogP contribution in [0.5, 0.6) is 0 Å². The maximum atomic E-state index is 6.28. The average molecular weight is 223 g/mol. The summed E-state index contributed by atoms with van der Waals surface area (Å²) in [7, 11) is 0. The highest BCUT2D eigenvalue weighted by atomic mass is 14.7. The maximum Gasteiger partial charge on any atom is 0.0102 e. The Labute approximate surface area is 101 Å². The Balaban J connectivity index is 2.10. The first-order valence-corrected chi connectivity index (χ1v) is 7.21. The van der Waals surface area contributed by atoms with Crippen molar-refractivity contribution in [2.24, 2.45) is 23.0 Å². The van der Waals surface area contributed by atoms with E-state index in [0.717, 1.165) is 11.8 Å². The molecule has 0 aliphatic heterocycles. The normalized spacial score (nSPS) is 39.8. The zero-order chi connectivity index (χ0) is 11.8. The largest absolute Gasteiger partial charge is 0.326 e. The fourth-order valence-corrected chi connectivity index (χ4v) is 4.65. The van der Waals surface area contributed by atoms with E-state index in [1.165, 1.54) is 51.4 Å². The van der Waals surface area contributed by atoms with Gasteiger partial charge in [0.05, 0.1) is 0 Å². The summed E-state index contributed by atoms with van der Waals surface area (Å²) in [6.07, 6.45) is 11.4. The van der Waals surface area contributed by atoms with Gasteiger partial charge in [0.1, 0.15) is 0 Å². The highest BCUT2D eigenvalue weighted by Crippen LogP contribution is 2.54. The van der Waals surface area contributed by atoms with E-state index in [1.54, 1.807) is 0 Å². The van der Waals surface area contributed by atoms with Crippen molar-refractivity contribution < 1.29 is 0 Å². The van der Waals surface area contributed by atoms with Crippen molar-refractivity contribution in [1.29, 1.82) is 0 Å². The summed E-state index contributed by atoms with van der Waals surface area (Å²) in [6, 6.07) is 0. The molecule has 2 aliphatic carbocycles. The summed E-state index contributed by atoms with van der Waals surface area (Å²) in [5.74, 6) is 2.01. The molecule has 94 valence electrons. The molecule has 3 unspecified atom stereocenters. The van der Waals surface area contributed by atoms with Crippen molar-refractivity contribution in [3.63, 3.8) is 0 Å². The van der Waals surface area contributed by atoms with Gasteiger partial charge in [-0.25, -0.2) is 0 Å². The Kier molecular flexibility index (Phi) is 3.36. The lowest BCUT2D eigenvalue weighted by atomic mass is 9.55. The van der Waals surface area contributed by atoms with Crippen LogP contribution in [-0.2, 0) is 0 Å². The fraction of sp³-hybridized carbons (Fsp3) is 1.00. The van der Waals surface area contributed by atoms with E-state index in [2.05, 4.69) is 20.8 Å². The van der Waals surface area contributed by atoms with Crippen LogP contribution < -0.4 is 5.73 Å². The average Bonchev–Trinajstić information content (AvgIpc) is 2.13. The van der Waals surface area contributed by atoms with Crippen LogP contribution in [-0.4, -0.2) is 5.54 Å². The van der Waals surface area contributed by atoms with Crippen molar-refractivity contribution in [2.75, 3.05) is 0 Å². The third-order valence-corrected chi connectivity index (χ3v) is 4.84. The van der Waals surface area contributed by atoms with Crippen LogP contribution in [0.4, 0.5) is 0 Å². The third kappa shape index (κ3) is 2.80. The van der Waals surface area contributed by atoms with E-state index in [-0.39, 0.29) is 5.54 Å². The number of hydrogen-bond acceptors (Lipinski definition) is 1. The maximum absolute atomic E-state index is 6.28. The topological polar surface area (TPSA) is 26.0 Å². The minimum absolute atomic E-state index is 0.0253. The number of hydrogen-bond donors (Lipinski definition) is 1. The van der Waals surface area contributed by atoms with Gasteiger partial charge in [-0.05, 0) is 63.2 Å². The second-order valence-corrected chi connectivity index (χ2v) is 7.34. The molecule has 0 aromatic rings. The van der Waals surface area contributed by atoms with Gasteiger partial charge < -0.3 is 5.73 Å². The second-order valence-electron chi connectivity index (χ2n) is 7.34. The molecule has 0 saturated heterocycles. The van der Waals surface area contributed by atoms with Gasteiger partial charge in [0.2, 0.25) is 0 Å². The van der Waals surface area contributed by atoms with Gasteiger partial charge in [-0.15, -0.1) is 0 Å². The van der Waals surface area contributed by atoms with Crippen molar-refractivity contribution in [2.45, 2.75) is 77.7 Å². The van der Waals surface area contributed by atoms with E-state index in [0.29, 0.717) is 5.41 Å². The quantitative estimate of drug-likeness (QED) is 0.765. The van der Waals surface area contributed by atoms with Gasteiger partial charge in [-0.2, -0.15) is 0 Å². The van der Waals surface area contributed by atoms with Crippen LogP contribution in [0.1, 0.15) is 72.1 Å². The molecule has 0 aromatic carbocycles. The fourth-order valence-electron chi connectivity index (χ4n) is 4.65. The van der Waals surface area contributed by atoms with Crippen molar-refractivity contribution in [1.82, 2.24) is 0 Å². The molecule has 2 rings (SSSR count). The lowest BCUT2D eigenvalue weighted by Crippen LogP contribution is -2.45. The summed E-state index contributed by atoms with van der Waals surface area (Å²) >= 11 is 0. The van der Waals surface area contributed by atoms with Crippen LogP contribution in [0, 0.1) is 17.3 Å². The van der Waals surface area contributed by atoms with Gasteiger partial charge in [-0.3, -0.25) is 0 Å². The van der Waals surface area contributed by atoms with Gasteiger partial charge in [0.25, 0.3) is 0 Å². The monoisotopic (exact) mass is 223 g/mol. The molecule has 0 radical (unpaired) electrons. The molecular weight excluding hydrogens is 194 g/mol. The molecule has 1 heteroatoms. The molecule has 0 heterocycles. The zero-order valence-electron chi connectivity index (χ0n) is 11.4. The number of rotatable bonds is 3. The Morgan fingerprint density at radius 2 is 2.06 bits per heavy atom. The molecule has 2 fully saturated rings. The molecule has 2 bridgehead atoms. The smallest absolute Gasteiger partial charge is 0.0102 e. The van der Waals surface area contributed by atoms with Crippen molar-refractivity contribution >= 4 is 0 Å². The molecule has 2 N–H and O–H groups in total. The highest BCUT2D eigenvalue weighted by molar-refractivity contribution is 4.97. The summed E-state index contributed by atoms with van der Waals surface area (Å²) < 4.78 is 0. The number of nitrogens with two attached hydrogens (primary N) is 1. The molecule has 3 atom stereocenters. The zero-order valence-corrected chi connectivity index (χ0v) is 11.4. The highest BCUT2D eigenvalue weighted by Gasteiger charge is 2.44. The first kappa shape index (κ1) is 12.4. The molecule has 0 spiro atoms. The predicted octanol–water partition coefficient (Wildman–Crippen LogP) is 4.11. The van der Waals surface area contributed by atoms with Crippen LogP contribution in [0.3, 0.4) is 0 Å². The Hall–Kier alpha value is -0.0400. The lowest BCUT2D eigenvalue weighted by Gasteiger charge is -2.50. The lowest BCUT2D eigenvalue weighted by molar-refractivity contribution is 0.0166. The molecule has 0 amide bonds. The van der Waals surface area contributed by atoms with Crippen LogP contribution in [0.15, 0.2) is 0 Å². The van der Waals surface area contributed by atoms with Gasteiger partial charge >= 0.3 is 0 Å². The van der Waals surface area contributed by atoms with E-state index in [1.807, 2.05) is 0 Å². The van der Waals surface area contributed by atoms with E-state index < -0.39 is 0 Å². The van der Waals surface area contributed by atoms with E-state index >= 15 is 0 Å². The third-order valence-electron chi connectivity index (χ3n) is 4.84. The summed E-state index contributed by atoms with van der Waals surface area (Å²) in [4.78, 5) is 0. The standard InChI is InChI=1S/C15H29N/c1-4-12-8-13-6-5-7-15(9-12,10-13)11-14(2,3)16/h12-13H,4-11,16H2,1-3H3. The van der Waals surface area contributed by atoms with Crippen molar-refractivity contribution in [3.05, 3.63) is 0 Å². The van der Waals surface area contributed by atoms with E-state index in [4.69, 9.17) is 5.73 Å². The van der Waals surface area contributed by atoms with Crippen LogP contribution in [0.2, 0.25) is 0 Å². The minimum atomic E-state index is 0.0253. The van der Waals surface area contributed by atoms with Gasteiger partial charge in [0, 0.05) is 5.54 Å². The molecule has 1 nitrogen and oxygen atoms in total. The Morgan fingerprint density at radius 3 is 2.69 bits per heavy atom. The first-order valence-electron chi connectivity index (χ1n) is 7.21. The Morgan fingerprint density at radius 1 is 1.31 bits per heavy atom. The molecule has 2 aliphatic rings. The molecule has 0 aromatic heterocycles. The Bertz CT molecular complexity index is 240. The van der Waals surface area contributed by atoms with Gasteiger partial charge in [0.15, 0.2) is 0 Å². The molecule has 16 heavy (non-hydrogen) atoms. The summed E-state index contributed by atoms with van der Waals surface area (Å²) in [6.45, 7) is 6.79. The second kappa shape index (κ2) is 4.33. The van der Waals surface area contributed by atoms with Crippen molar-refractivity contribution in [3.8, 4) is 0 Å². The predicted molar refractivity (Wildman–Crippen MR) is 70.3 cm³/mol. The SMILES string of the molecule is CCC1CC2CCCC(CC(C)(C)N)(C1)C2. The first-order chi connectivity index (χ1) is 7.42. The van der Waals surface area contributed by atoms with Crippen LogP contribution >= 0.6 is 0 Å². The van der Waals surface area contributed by atoms with Gasteiger partial charge in [-0.1, -0.05) is 26.2 Å². The number of fused-ring (bicyclic) bond motifs is 2. The molecule has 2 saturated carbocycles. The van der Waals surface area contributed by atoms with Crippen LogP contribution in [0.25, 0.3) is 0 Å². The van der Waals surface area contributed by atoms with E-state index in [9.17, 15) is 0 Å². The molecular formula is C15H29N. The summed E-state index contributed by atoms with van der Waals surface area (Å²) in [5.41, 5.74) is 6.92. The summed E-state index contributed by atoms with van der Waals surface area (Å²) in [5, 5.41) is 0.